The van der Waals surface area contributed by atoms with Gasteiger partial charge in [0.25, 0.3) is 0 Å². The Labute approximate surface area is 98.9 Å². The van der Waals surface area contributed by atoms with Crippen molar-refractivity contribution in [3.8, 4) is 0 Å². The number of nitrogens with one attached hydrogen (secondary N) is 2. The summed E-state index contributed by atoms with van der Waals surface area (Å²) in [7, 11) is 0. The Kier molecular flexibility index (Phi) is 4.50. The molecule has 2 rings (SSSR count). The first-order valence-electron chi connectivity index (χ1n) is 4.72. The molecular formula is C9H14ClN3OS. The molecule has 1 saturated heterocycles. The summed E-state index contributed by atoms with van der Waals surface area (Å²) >= 11 is 1.50. The molecule has 6 heteroatoms. The number of halogens is 1. The highest BCUT2D eigenvalue weighted by atomic mass is 35.5. The van der Waals surface area contributed by atoms with Gasteiger partial charge in [-0.15, -0.1) is 23.7 Å². The quantitative estimate of drug-likeness (QED) is 0.834. The van der Waals surface area contributed by atoms with Crippen LogP contribution in [0.2, 0.25) is 0 Å². The van der Waals surface area contributed by atoms with Crippen LogP contribution in [-0.2, 0) is 4.79 Å². The molecule has 1 atom stereocenters. The minimum atomic E-state index is -0.0285. The molecule has 1 aromatic heterocycles. The molecule has 1 fully saturated rings. The molecule has 0 bridgehead atoms. The first kappa shape index (κ1) is 12.4. The van der Waals surface area contributed by atoms with Crippen LogP contribution in [-0.4, -0.2) is 23.5 Å². The second kappa shape index (κ2) is 5.44. The number of amides is 1. The molecule has 1 aromatic rings. The third-order valence-corrected chi connectivity index (χ3v) is 3.06. The molecule has 0 spiro atoms. The molecule has 2 N–H and O–H groups in total. The molecule has 1 aliphatic rings. The van der Waals surface area contributed by atoms with Crippen molar-refractivity contribution in [3.63, 3.8) is 0 Å². The van der Waals surface area contributed by atoms with E-state index in [0.29, 0.717) is 5.13 Å². The summed E-state index contributed by atoms with van der Waals surface area (Å²) < 4.78 is 0. The molecule has 0 radical (unpaired) electrons. The van der Waals surface area contributed by atoms with Gasteiger partial charge in [0.05, 0.1) is 6.04 Å². The van der Waals surface area contributed by atoms with Gasteiger partial charge in [0.2, 0.25) is 5.91 Å². The second-order valence-electron chi connectivity index (χ2n) is 3.41. The van der Waals surface area contributed by atoms with E-state index >= 15 is 0 Å². The summed E-state index contributed by atoms with van der Waals surface area (Å²) in [6, 6.07) is -0.0285. The molecule has 0 aromatic carbocycles. The van der Waals surface area contributed by atoms with Crippen LogP contribution < -0.4 is 10.6 Å². The molecule has 1 aliphatic heterocycles. The van der Waals surface area contributed by atoms with Gasteiger partial charge in [0.1, 0.15) is 0 Å². The zero-order valence-corrected chi connectivity index (χ0v) is 10.1. The van der Waals surface area contributed by atoms with Crippen LogP contribution in [0.1, 0.15) is 17.7 Å². The van der Waals surface area contributed by atoms with Crippen LogP contribution in [0, 0.1) is 6.92 Å². The highest BCUT2D eigenvalue weighted by Gasteiger charge is 2.22. The van der Waals surface area contributed by atoms with E-state index < -0.39 is 0 Å². The second-order valence-corrected chi connectivity index (χ2v) is 4.65. The molecule has 2 heterocycles. The number of carbonyl (C=O) groups excluding carboxylic acids is 1. The van der Waals surface area contributed by atoms with Crippen molar-refractivity contribution in [1.29, 1.82) is 0 Å². The normalized spacial score (nSPS) is 19.7. The Bertz CT molecular complexity index is 336. The van der Waals surface area contributed by atoms with Crippen LogP contribution in [0.3, 0.4) is 0 Å². The van der Waals surface area contributed by atoms with Gasteiger partial charge in [-0.3, -0.25) is 4.79 Å². The topological polar surface area (TPSA) is 54.0 Å². The molecule has 1 amide bonds. The lowest BCUT2D eigenvalue weighted by Gasteiger charge is -2.08. The Morgan fingerprint density at radius 3 is 3.07 bits per heavy atom. The van der Waals surface area contributed by atoms with Crippen molar-refractivity contribution < 1.29 is 4.79 Å². The van der Waals surface area contributed by atoms with Gasteiger partial charge in [-0.05, 0) is 26.3 Å². The summed E-state index contributed by atoms with van der Waals surface area (Å²) in [5.74, 6) is 0.0388. The van der Waals surface area contributed by atoms with Crippen molar-refractivity contribution in [2.45, 2.75) is 25.8 Å². The first-order chi connectivity index (χ1) is 6.75. The molecule has 0 saturated carbocycles. The van der Waals surface area contributed by atoms with Crippen LogP contribution >= 0.6 is 23.7 Å². The molecule has 4 nitrogen and oxygen atoms in total. The molecule has 15 heavy (non-hydrogen) atoms. The summed E-state index contributed by atoms with van der Waals surface area (Å²) in [5, 5.41) is 6.65. The summed E-state index contributed by atoms with van der Waals surface area (Å²) in [6.45, 7) is 2.91. The summed E-state index contributed by atoms with van der Waals surface area (Å²) in [6.07, 6.45) is 3.77. The van der Waals surface area contributed by atoms with E-state index in [9.17, 15) is 4.79 Å². The fraction of sp³-hybridized carbons (Fsp3) is 0.556. The number of carbonyl (C=O) groups is 1. The predicted octanol–water partition coefficient (Wildman–Crippen LogP) is 1.56. The maximum Gasteiger partial charge on any atom is 0.243 e. The van der Waals surface area contributed by atoms with Gasteiger partial charge >= 0.3 is 0 Å². The van der Waals surface area contributed by atoms with Gasteiger partial charge in [-0.25, -0.2) is 4.98 Å². The van der Waals surface area contributed by atoms with Crippen molar-refractivity contribution in [2.24, 2.45) is 0 Å². The smallest absolute Gasteiger partial charge is 0.243 e. The van der Waals surface area contributed by atoms with Crippen molar-refractivity contribution in [3.05, 3.63) is 11.1 Å². The highest BCUT2D eigenvalue weighted by Crippen LogP contribution is 2.17. The van der Waals surface area contributed by atoms with E-state index in [-0.39, 0.29) is 24.4 Å². The van der Waals surface area contributed by atoms with Gasteiger partial charge in [0, 0.05) is 11.1 Å². The number of thiazole rings is 1. The summed E-state index contributed by atoms with van der Waals surface area (Å²) in [4.78, 5) is 16.8. The molecule has 84 valence electrons. The van der Waals surface area contributed by atoms with Gasteiger partial charge in [-0.1, -0.05) is 0 Å². The van der Waals surface area contributed by atoms with E-state index in [1.807, 2.05) is 6.92 Å². The van der Waals surface area contributed by atoms with Gasteiger partial charge in [-0.2, -0.15) is 0 Å². The lowest BCUT2D eigenvalue weighted by molar-refractivity contribution is -0.117. The van der Waals surface area contributed by atoms with Crippen LogP contribution in [0.25, 0.3) is 0 Å². The highest BCUT2D eigenvalue weighted by molar-refractivity contribution is 7.15. The van der Waals surface area contributed by atoms with E-state index in [1.165, 1.54) is 11.3 Å². The zero-order valence-electron chi connectivity index (χ0n) is 8.45. The maximum absolute atomic E-state index is 11.6. The third kappa shape index (κ3) is 3.15. The minimum Gasteiger partial charge on any atom is -0.306 e. The SMILES string of the molecule is Cc1cnc(NC(=O)C2CCCN2)s1.Cl. The lowest BCUT2D eigenvalue weighted by Crippen LogP contribution is -2.35. The summed E-state index contributed by atoms with van der Waals surface area (Å²) in [5.41, 5.74) is 0. The standard InChI is InChI=1S/C9H13N3OS.ClH/c1-6-5-11-9(14-6)12-8(13)7-3-2-4-10-7;/h5,7,10H,2-4H2,1H3,(H,11,12,13);1H. The van der Waals surface area contributed by atoms with Crippen molar-refractivity contribution >= 4 is 34.8 Å². The monoisotopic (exact) mass is 247 g/mol. The number of aromatic nitrogens is 1. The molecule has 0 aliphatic carbocycles. The van der Waals surface area contributed by atoms with Crippen molar-refractivity contribution in [1.82, 2.24) is 10.3 Å². The predicted molar refractivity (Wildman–Crippen MR) is 63.8 cm³/mol. The number of hydrogen-bond donors (Lipinski definition) is 2. The Morgan fingerprint density at radius 1 is 1.73 bits per heavy atom. The molecular weight excluding hydrogens is 234 g/mol. The number of aryl methyl sites for hydroxylation is 1. The number of nitrogens with zero attached hydrogens (tertiary/aromatic N) is 1. The Balaban J connectivity index is 0.00000112. The zero-order chi connectivity index (χ0) is 9.97. The van der Waals surface area contributed by atoms with E-state index in [2.05, 4.69) is 15.6 Å². The van der Waals surface area contributed by atoms with Crippen molar-refractivity contribution in [2.75, 3.05) is 11.9 Å². The lowest BCUT2D eigenvalue weighted by atomic mass is 10.2. The Hall–Kier alpha value is -0.650. The van der Waals surface area contributed by atoms with E-state index in [1.54, 1.807) is 6.20 Å². The van der Waals surface area contributed by atoms with Crippen LogP contribution in [0.15, 0.2) is 6.20 Å². The number of rotatable bonds is 2. The van der Waals surface area contributed by atoms with E-state index in [0.717, 1.165) is 24.3 Å². The average Bonchev–Trinajstić information content (AvgIpc) is 2.75. The third-order valence-electron chi connectivity index (χ3n) is 2.23. The van der Waals surface area contributed by atoms with Crippen LogP contribution in [0.4, 0.5) is 5.13 Å². The van der Waals surface area contributed by atoms with Gasteiger partial charge < -0.3 is 10.6 Å². The van der Waals surface area contributed by atoms with Crippen LogP contribution in [0.5, 0.6) is 0 Å². The number of anilines is 1. The maximum atomic E-state index is 11.6. The Morgan fingerprint density at radius 2 is 2.53 bits per heavy atom. The number of hydrogen-bond acceptors (Lipinski definition) is 4. The van der Waals surface area contributed by atoms with E-state index in [4.69, 9.17) is 0 Å². The fourth-order valence-corrected chi connectivity index (χ4v) is 2.18. The minimum absolute atomic E-state index is 0. The largest absolute Gasteiger partial charge is 0.306 e. The fourth-order valence-electron chi connectivity index (χ4n) is 1.51. The first-order valence-corrected chi connectivity index (χ1v) is 5.54. The average molecular weight is 248 g/mol. The van der Waals surface area contributed by atoms with Gasteiger partial charge in [0.15, 0.2) is 5.13 Å². The molecule has 1 unspecified atom stereocenters.